The van der Waals surface area contributed by atoms with Crippen molar-refractivity contribution in [2.45, 2.75) is 20.4 Å². The minimum atomic E-state index is -0.352. The number of amides is 1. The SMILES string of the molecule is COc1cccc(Cn2nc(C)c(NC(=O)c3[nH]ncc3Cl)c2C)c1. The van der Waals surface area contributed by atoms with Crippen LogP contribution in [0.3, 0.4) is 0 Å². The van der Waals surface area contributed by atoms with Crippen LogP contribution in [0.25, 0.3) is 0 Å². The second-order valence-electron chi connectivity index (χ2n) is 5.60. The molecule has 7 nitrogen and oxygen atoms in total. The molecule has 0 saturated heterocycles. The lowest BCUT2D eigenvalue weighted by atomic mass is 10.2. The van der Waals surface area contributed by atoms with Gasteiger partial charge in [0.2, 0.25) is 0 Å². The number of nitrogens with one attached hydrogen (secondary N) is 2. The predicted octanol–water partition coefficient (Wildman–Crippen LogP) is 3.19. The Morgan fingerprint density at radius 1 is 1.40 bits per heavy atom. The Balaban J connectivity index is 1.83. The summed E-state index contributed by atoms with van der Waals surface area (Å²) in [6.45, 7) is 4.33. The van der Waals surface area contributed by atoms with Crippen molar-refractivity contribution in [1.82, 2.24) is 20.0 Å². The number of ether oxygens (including phenoxy) is 1. The van der Waals surface area contributed by atoms with Crippen LogP contribution in [0.2, 0.25) is 5.02 Å². The second-order valence-corrected chi connectivity index (χ2v) is 6.01. The first kappa shape index (κ1) is 17.0. The number of aromatic amines is 1. The van der Waals surface area contributed by atoms with Gasteiger partial charge >= 0.3 is 0 Å². The standard InChI is InChI=1S/C17H18ClN5O2/c1-10-15(20-17(24)16-14(18)8-19-21-16)11(2)23(22-10)9-12-5-4-6-13(7-12)25-3/h4-8H,9H2,1-3H3,(H,19,21)(H,20,24). The lowest BCUT2D eigenvalue weighted by Gasteiger charge is -2.08. The average molecular weight is 360 g/mol. The third-order valence-corrected chi connectivity index (χ3v) is 4.19. The maximum Gasteiger partial charge on any atom is 0.275 e. The summed E-state index contributed by atoms with van der Waals surface area (Å²) in [5.41, 5.74) is 3.52. The zero-order chi connectivity index (χ0) is 18.0. The van der Waals surface area contributed by atoms with E-state index in [9.17, 15) is 4.79 Å². The van der Waals surface area contributed by atoms with Gasteiger partial charge in [-0.3, -0.25) is 14.6 Å². The highest BCUT2D eigenvalue weighted by Crippen LogP contribution is 2.23. The lowest BCUT2D eigenvalue weighted by Crippen LogP contribution is -2.14. The number of aryl methyl sites for hydroxylation is 1. The van der Waals surface area contributed by atoms with Crippen LogP contribution in [0.4, 0.5) is 5.69 Å². The Morgan fingerprint density at radius 3 is 2.88 bits per heavy atom. The number of rotatable bonds is 5. The number of methoxy groups -OCH3 is 1. The molecule has 0 unspecified atom stereocenters. The number of benzene rings is 1. The topological polar surface area (TPSA) is 84.8 Å². The van der Waals surface area contributed by atoms with E-state index in [1.165, 1.54) is 6.20 Å². The van der Waals surface area contributed by atoms with Gasteiger partial charge in [0.25, 0.3) is 5.91 Å². The maximum atomic E-state index is 12.3. The lowest BCUT2D eigenvalue weighted by molar-refractivity contribution is 0.102. The summed E-state index contributed by atoms with van der Waals surface area (Å²) in [7, 11) is 1.64. The highest BCUT2D eigenvalue weighted by Gasteiger charge is 2.18. The van der Waals surface area contributed by atoms with Crippen LogP contribution < -0.4 is 10.1 Å². The van der Waals surface area contributed by atoms with Crippen LogP contribution >= 0.6 is 11.6 Å². The molecule has 3 aromatic rings. The second kappa shape index (κ2) is 6.98. The van der Waals surface area contributed by atoms with Gasteiger partial charge in [-0.15, -0.1) is 0 Å². The van der Waals surface area contributed by atoms with Crippen molar-refractivity contribution in [3.8, 4) is 5.75 Å². The predicted molar refractivity (Wildman–Crippen MR) is 95.3 cm³/mol. The Hall–Kier alpha value is -2.80. The number of aromatic nitrogens is 4. The summed E-state index contributed by atoms with van der Waals surface area (Å²) < 4.78 is 7.09. The molecule has 0 fully saturated rings. The number of nitrogens with zero attached hydrogens (tertiary/aromatic N) is 3. The van der Waals surface area contributed by atoms with E-state index in [1.54, 1.807) is 7.11 Å². The number of hydrogen-bond donors (Lipinski definition) is 2. The Morgan fingerprint density at radius 2 is 2.20 bits per heavy atom. The molecule has 1 aromatic carbocycles. The first-order valence-electron chi connectivity index (χ1n) is 7.66. The molecular formula is C17H18ClN5O2. The molecule has 2 N–H and O–H groups in total. The van der Waals surface area contributed by atoms with Crippen LogP contribution in [0.5, 0.6) is 5.75 Å². The van der Waals surface area contributed by atoms with E-state index < -0.39 is 0 Å². The first-order valence-corrected chi connectivity index (χ1v) is 8.04. The molecule has 25 heavy (non-hydrogen) atoms. The number of carbonyl (C=O) groups excluding carboxylic acids is 1. The molecule has 2 heterocycles. The third-order valence-electron chi connectivity index (χ3n) is 3.91. The van der Waals surface area contributed by atoms with Crippen LogP contribution in [-0.2, 0) is 6.54 Å². The first-order chi connectivity index (χ1) is 12.0. The fourth-order valence-electron chi connectivity index (χ4n) is 2.58. The van der Waals surface area contributed by atoms with E-state index >= 15 is 0 Å². The third kappa shape index (κ3) is 3.51. The Kier molecular flexibility index (Phi) is 4.76. The van der Waals surface area contributed by atoms with Gasteiger partial charge in [-0.1, -0.05) is 23.7 Å². The summed E-state index contributed by atoms with van der Waals surface area (Å²) in [6.07, 6.45) is 1.39. The normalized spacial score (nSPS) is 10.7. The van der Waals surface area contributed by atoms with E-state index in [0.29, 0.717) is 12.2 Å². The molecule has 0 spiro atoms. The summed E-state index contributed by atoms with van der Waals surface area (Å²) in [6, 6.07) is 7.79. The average Bonchev–Trinajstić information content (AvgIpc) is 3.14. The van der Waals surface area contributed by atoms with Gasteiger partial charge in [-0.25, -0.2) is 0 Å². The molecule has 3 rings (SSSR count). The van der Waals surface area contributed by atoms with E-state index in [0.717, 1.165) is 22.7 Å². The fraction of sp³-hybridized carbons (Fsp3) is 0.235. The van der Waals surface area contributed by atoms with Gasteiger partial charge in [0, 0.05) is 0 Å². The molecule has 130 valence electrons. The molecule has 1 amide bonds. The zero-order valence-corrected chi connectivity index (χ0v) is 14.9. The fourth-order valence-corrected chi connectivity index (χ4v) is 2.76. The largest absolute Gasteiger partial charge is 0.497 e. The number of H-pyrrole nitrogens is 1. The minimum Gasteiger partial charge on any atom is -0.497 e. The molecular weight excluding hydrogens is 342 g/mol. The van der Waals surface area contributed by atoms with E-state index in [2.05, 4.69) is 20.6 Å². The van der Waals surface area contributed by atoms with Crippen LogP contribution in [-0.4, -0.2) is 33.0 Å². The van der Waals surface area contributed by atoms with Crippen molar-refractivity contribution in [2.75, 3.05) is 12.4 Å². The molecule has 0 aliphatic heterocycles. The number of anilines is 1. The van der Waals surface area contributed by atoms with Gasteiger partial charge in [0.05, 0.1) is 41.9 Å². The Bertz CT molecular complexity index is 916. The highest BCUT2D eigenvalue weighted by molar-refractivity contribution is 6.34. The summed E-state index contributed by atoms with van der Waals surface area (Å²) in [4.78, 5) is 12.3. The van der Waals surface area contributed by atoms with Gasteiger partial charge in [0.15, 0.2) is 0 Å². The molecule has 0 aliphatic rings. The van der Waals surface area contributed by atoms with Crippen molar-refractivity contribution in [2.24, 2.45) is 0 Å². The van der Waals surface area contributed by atoms with Crippen molar-refractivity contribution in [3.05, 3.63) is 58.1 Å². The summed E-state index contributed by atoms with van der Waals surface area (Å²) in [5, 5.41) is 14.0. The maximum absolute atomic E-state index is 12.3. The van der Waals surface area contributed by atoms with Crippen molar-refractivity contribution in [1.29, 1.82) is 0 Å². The highest BCUT2D eigenvalue weighted by atomic mass is 35.5. The molecule has 8 heteroatoms. The Labute approximate surface area is 150 Å². The number of halogens is 1. The summed E-state index contributed by atoms with van der Waals surface area (Å²) >= 11 is 5.93. The molecule has 2 aromatic heterocycles. The molecule has 0 atom stereocenters. The molecule has 0 aliphatic carbocycles. The molecule has 0 saturated carbocycles. The van der Waals surface area contributed by atoms with Crippen LogP contribution in [0.1, 0.15) is 27.4 Å². The van der Waals surface area contributed by atoms with Crippen LogP contribution in [0, 0.1) is 13.8 Å². The minimum absolute atomic E-state index is 0.223. The quantitative estimate of drug-likeness (QED) is 0.732. The van der Waals surface area contributed by atoms with Gasteiger partial charge in [0.1, 0.15) is 11.4 Å². The smallest absolute Gasteiger partial charge is 0.275 e. The van der Waals surface area contributed by atoms with E-state index in [4.69, 9.17) is 16.3 Å². The van der Waals surface area contributed by atoms with E-state index in [1.807, 2.05) is 42.8 Å². The number of carbonyl (C=O) groups is 1. The van der Waals surface area contributed by atoms with Gasteiger partial charge < -0.3 is 10.1 Å². The van der Waals surface area contributed by atoms with Crippen molar-refractivity contribution < 1.29 is 9.53 Å². The van der Waals surface area contributed by atoms with Crippen molar-refractivity contribution in [3.63, 3.8) is 0 Å². The van der Waals surface area contributed by atoms with Crippen LogP contribution in [0.15, 0.2) is 30.5 Å². The molecule has 0 radical (unpaired) electrons. The van der Waals surface area contributed by atoms with Gasteiger partial charge in [-0.05, 0) is 31.5 Å². The van der Waals surface area contributed by atoms with E-state index in [-0.39, 0.29) is 16.6 Å². The van der Waals surface area contributed by atoms with Crippen molar-refractivity contribution >= 4 is 23.2 Å². The van der Waals surface area contributed by atoms with Gasteiger partial charge in [-0.2, -0.15) is 10.2 Å². The zero-order valence-electron chi connectivity index (χ0n) is 14.1. The number of hydrogen-bond acceptors (Lipinski definition) is 4. The summed E-state index contributed by atoms with van der Waals surface area (Å²) in [5.74, 6) is 0.441. The monoisotopic (exact) mass is 359 g/mol. The molecule has 0 bridgehead atoms.